The van der Waals surface area contributed by atoms with Crippen molar-refractivity contribution in [3.63, 3.8) is 0 Å². The van der Waals surface area contributed by atoms with Crippen LogP contribution < -0.4 is 69.3 Å². The molecule has 0 atom stereocenters. The third-order valence-corrected chi connectivity index (χ3v) is 3.54. The summed E-state index contributed by atoms with van der Waals surface area (Å²) in [5.41, 5.74) is -0.323. The average Bonchev–Trinajstić information content (AvgIpc) is 2.60. The van der Waals surface area contributed by atoms with E-state index in [1.165, 1.54) is 18.2 Å². The number of carbonyl (C=O) groups excluding carboxylic acids is 1. The second kappa shape index (κ2) is 9.98. The van der Waals surface area contributed by atoms with Crippen molar-refractivity contribution in [1.29, 1.82) is 0 Å². The maximum absolute atomic E-state index is 12.2. The molecule has 0 aliphatic carbocycles. The van der Waals surface area contributed by atoms with Gasteiger partial charge >= 0.3 is 65.1 Å². The average molecular weight is 380 g/mol. The van der Waals surface area contributed by atoms with Crippen molar-refractivity contribution in [1.82, 2.24) is 0 Å². The van der Waals surface area contributed by atoms with Gasteiger partial charge in [0.1, 0.15) is 0 Å². The standard InChI is InChI=1S/C18H12N2O5.2Na/c21-14-7-6-10-8-11(17(22)23)9-13(18(24)25)15(10)16(14)20-19-12-4-2-1-3-5-12;;/h1-9,21H,(H,22,23)(H,24,25);;/q;2*+1/p-2. The minimum Gasteiger partial charge on any atom is -0.871 e. The zero-order valence-corrected chi connectivity index (χ0v) is 18.7. The second-order valence-corrected chi connectivity index (χ2v) is 5.16. The van der Waals surface area contributed by atoms with Crippen molar-refractivity contribution in [3.05, 3.63) is 65.7 Å². The first-order valence-corrected chi connectivity index (χ1v) is 7.16. The van der Waals surface area contributed by atoms with E-state index in [-0.39, 0.29) is 86.7 Å². The van der Waals surface area contributed by atoms with E-state index in [2.05, 4.69) is 10.2 Å². The summed E-state index contributed by atoms with van der Waals surface area (Å²) in [7, 11) is 0. The number of aromatic carboxylic acids is 2. The van der Waals surface area contributed by atoms with Gasteiger partial charge in [-0.3, -0.25) is 0 Å². The first-order chi connectivity index (χ1) is 12.0. The molecule has 0 aliphatic heterocycles. The van der Waals surface area contributed by atoms with Crippen molar-refractivity contribution in [2.24, 2.45) is 10.2 Å². The first-order valence-electron chi connectivity index (χ1n) is 7.16. The van der Waals surface area contributed by atoms with Crippen LogP contribution in [0.5, 0.6) is 5.75 Å². The monoisotopic (exact) mass is 380 g/mol. The molecule has 0 radical (unpaired) electrons. The Hall–Kier alpha value is -1.74. The number of carboxylic acid groups (broad SMARTS) is 2. The molecule has 0 heterocycles. The number of carboxylic acids is 2. The van der Waals surface area contributed by atoms with Crippen LogP contribution in [-0.2, 0) is 0 Å². The molecule has 7 nitrogen and oxygen atoms in total. The van der Waals surface area contributed by atoms with E-state index in [9.17, 15) is 24.9 Å². The van der Waals surface area contributed by atoms with Gasteiger partial charge in [-0.1, -0.05) is 36.1 Å². The Morgan fingerprint density at radius 1 is 0.926 bits per heavy atom. The molecule has 0 amide bonds. The maximum atomic E-state index is 12.2. The minimum atomic E-state index is -1.51. The Labute approximate surface area is 198 Å². The van der Waals surface area contributed by atoms with Crippen LogP contribution in [0.4, 0.5) is 11.4 Å². The van der Waals surface area contributed by atoms with Gasteiger partial charge < -0.3 is 20.1 Å². The topological polar surface area (TPSA) is 125 Å². The molecular formula is C18H10N2Na2O5. The molecule has 0 saturated carbocycles. The van der Waals surface area contributed by atoms with E-state index in [1.54, 1.807) is 30.3 Å². The quantitative estimate of drug-likeness (QED) is 0.370. The fourth-order valence-electron chi connectivity index (χ4n) is 2.42. The Kier molecular flexibility index (Phi) is 8.61. The number of azo groups is 1. The van der Waals surface area contributed by atoms with E-state index in [0.29, 0.717) is 5.69 Å². The molecule has 9 heteroatoms. The van der Waals surface area contributed by atoms with Crippen molar-refractivity contribution in [2.75, 3.05) is 0 Å². The molecule has 3 aromatic carbocycles. The number of fused-ring (bicyclic) bond motifs is 1. The van der Waals surface area contributed by atoms with Crippen LogP contribution in [0.1, 0.15) is 20.7 Å². The van der Waals surface area contributed by atoms with Gasteiger partial charge in [0, 0.05) is 5.39 Å². The fraction of sp³-hybridized carbons (Fsp3) is 0. The number of nitrogens with zero attached hydrogens (tertiary/aromatic N) is 2. The van der Waals surface area contributed by atoms with Crippen LogP contribution in [-0.4, -0.2) is 17.0 Å². The molecule has 0 aliphatic rings. The SMILES string of the molecule is O=C([O-])c1cc(C(=O)O)c2c(N=Nc3ccccc3)c([O-])ccc2c1.[Na+].[Na+]. The van der Waals surface area contributed by atoms with Crippen LogP contribution in [0.3, 0.4) is 0 Å². The third-order valence-electron chi connectivity index (χ3n) is 3.54. The zero-order chi connectivity index (χ0) is 18.0. The Balaban J connectivity index is 0.00000182. The molecule has 1 N–H and O–H groups in total. The molecule has 27 heavy (non-hydrogen) atoms. The molecule has 0 unspecified atom stereocenters. The van der Waals surface area contributed by atoms with Crippen molar-refractivity contribution in [2.45, 2.75) is 0 Å². The predicted molar refractivity (Wildman–Crippen MR) is 85.3 cm³/mol. The molecule has 0 bridgehead atoms. The van der Waals surface area contributed by atoms with Gasteiger partial charge in [-0.15, -0.1) is 0 Å². The summed E-state index contributed by atoms with van der Waals surface area (Å²) in [4.78, 5) is 22.6. The number of benzene rings is 3. The summed E-state index contributed by atoms with van der Waals surface area (Å²) in [6.45, 7) is 0. The zero-order valence-electron chi connectivity index (χ0n) is 14.7. The molecule has 3 rings (SSSR count). The maximum Gasteiger partial charge on any atom is 1.00 e. The Morgan fingerprint density at radius 3 is 2.19 bits per heavy atom. The van der Waals surface area contributed by atoms with Crippen LogP contribution >= 0.6 is 0 Å². The summed E-state index contributed by atoms with van der Waals surface area (Å²) < 4.78 is 0. The molecule has 124 valence electrons. The molecule has 0 fully saturated rings. The Bertz CT molecular complexity index is 1020. The number of carbonyl (C=O) groups is 2. The number of rotatable bonds is 4. The minimum absolute atomic E-state index is 0. The smallest absolute Gasteiger partial charge is 0.871 e. The van der Waals surface area contributed by atoms with Crippen molar-refractivity contribution < 1.29 is 84.0 Å². The fourth-order valence-corrected chi connectivity index (χ4v) is 2.42. The van der Waals surface area contributed by atoms with Crippen LogP contribution in [0.25, 0.3) is 10.8 Å². The van der Waals surface area contributed by atoms with Crippen molar-refractivity contribution in [3.8, 4) is 5.75 Å². The summed E-state index contributed by atoms with van der Waals surface area (Å²) in [5, 5.41) is 40.8. The number of hydrogen-bond acceptors (Lipinski definition) is 6. The van der Waals surface area contributed by atoms with E-state index in [1.807, 2.05) is 0 Å². The van der Waals surface area contributed by atoms with E-state index < -0.39 is 17.7 Å². The third kappa shape index (κ3) is 5.16. The van der Waals surface area contributed by atoms with Gasteiger partial charge in [-0.05, 0) is 35.2 Å². The number of hydrogen-bond donors (Lipinski definition) is 1. The second-order valence-electron chi connectivity index (χ2n) is 5.16. The van der Waals surface area contributed by atoms with E-state index in [4.69, 9.17) is 0 Å². The summed E-state index contributed by atoms with van der Waals surface area (Å²) in [6.07, 6.45) is 0. The summed E-state index contributed by atoms with van der Waals surface area (Å²) >= 11 is 0. The molecule has 0 aromatic heterocycles. The summed E-state index contributed by atoms with van der Waals surface area (Å²) in [6, 6.07) is 13.3. The van der Waals surface area contributed by atoms with Crippen LogP contribution in [0.2, 0.25) is 0 Å². The van der Waals surface area contributed by atoms with Gasteiger partial charge in [-0.2, -0.15) is 10.2 Å². The van der Waals surface area contributed by atoms with Gasteiger partial charge in [0.05, 0.1) is 22.9 Å². The van der Waals surface area contributed by atoms with Gasteiger partial charge in [0.15, 0.2) is 0 Å². The van der Waals surface area contributed by atoms with Gasteiger partial charge in [0.2, 0.25) is 0 Å². The molecule has 0 spiro atoms. The molecule has 3 aromatic rings. The largest absolute Gasteiger partial charge is 1.00 e. The normalized spacial score (nSPS) is 10.2. The first kappa shape index (κ1) is 23.3. The van der Waals surface area contributed by atoms with E-state index in [0.717, 1.165) is 6.07 Å². The van der Waals surface area contributed by atoms with Gasteiger partial charge in [-0.25, -0.2) is 4.79 Å². The molecule has 0 saturated heterocycles. The van der Waals surface area contributed by atoms with Crippen LogP contribution in [0, 0.1) is 0 Å². The Morgan fingerprint density at radius 2 is 1.59 bits per heavy atom. The molecular weight excluding hydrogens is 370 g/mol. The summed E-state index contributed by atoms with van der Waals surface area (Å²) in [5.74, 6) is -3.41. The van der Waals surface area contributed by atoms with Crippen molar-refractivity contribution >= 4 is 34.1 Å². The van der Waals surface area contributed by atoms with E-state index >= 15 is 0 Å². The van der Waals surface area contributed by atoms with Crippen LogP contribution in [0.15, 0.2) is 64.8 Å². The predicted octanol–water partition coefficient (Wildman–Crippen LogP) is -3.60. The van der Waals surface area contributed by atoms with Gasteiger partial charge in [0.25, 0.3) is 0 Å².